The number of hydrogen-bond donors (Lipinski definition) is 0. The Morgan fingerprint density at radius 2 is 1.65 bits per heavy atom. The minimum atomic E-state index is -0.351. The molecule has 1 aromatic carbocycles. The van der Waals surface area contributed by atoms with Crippen molar-refractivity contribution in [3.8, 4) is 5.69 Å². The van der Waals surface area contributed by atoms with Gasteiger partial charge in [-0.15, -0.1) is 0 Å². The highest BCUT2D eigenvalue weighted by molar-refractivity contribution is 5.55. The molecule has 23 heavy (non-hydrogen) atoms. The van der Waals surface area contributed by atoms with Gasteiger partial charge in [0.1, 0.15) is 11.3 Å². The number of aryl methyl sites for hydroxylation is 2. The lowest BCUT2D eigenvalue weighted by molar-refractivity contribution is 0.626. The van der Waals surface area contributed by atoms with E-state index in [4.69, 9.17) is 0 Å². The maximum atomic E-state index is 13.3. The molecule has 0 aliphatic rings. The maximum absolute atomic E-state index is 13.3. The van der Waals surface area contributed by atoms with Crippen LogP contribution in [-0.4, -0.2) is 8.97 Å². The van der Waals surface area contributed by atoms with E-state index >= 15 is 0 Å². The van der Waals surface area contributed by atoms with Gasteiger partial charge in [-0.1, -0.05) is 33.8 Å². The molecule has 3 nitrogen and oxygen atoms in total. The SMILES string of the molecule is CC.CC.Cc1ccn2cc(C)n(-c3cccc(F)c3)c(=O)c12. The van der Waals surface area contributed by atoms with Crippen molar-refractivity contribution < 1.29 is 4.39 Å². The molecule has 0 spiro atoms. The molecule has 0 radical (unpaired) electrons. The molecule has 0 amide bonds. The monoisotopic (exact) mass is 316 g/mol. The number of rotatable bonds is 1. The van der Waals surface area contributed by atoms with Gasteiger partial charge >= 0.3 is 0 Å². The summed E-state index contributed by atoms with van der Waals surface area (Å²) >= 11 is 0. The molecule has 3 rings (SSSR count). The third kappa shape index (κ3) is 3.70. The zero-order chi connectivity index (χ0) is 17.6. The summed E-state index contributed by atoms with van der Waals surface area (Å²) in [5.74, 6) is -0.351. The summed E-state index contributed by atoms with van der Waals surface area (Å²) < 4.78 is 16.7. The minimum absolute atomic E-state index is 0.131. The maximum Gasteiger partial charge on any atom is 0.279 e. The Morgan fingerprint density at radius 3 is 2.26 bits per heavy atom. The third-order valence-electron chi connectivity index (χ3n) is 3.27. The van der Waals surface area contributed by atoms with E-state index in [2.05, 4.69) is 0 Å². The normalized spacial score (nSPS) is 9.70. The molecule has 0 atom stereocenters. The standard InChI is InChI=1S/C15H13FN2O.2C2H6/c1-10-6-7-17-9-11(2)18(15(19)14(10)17)13-5-3-4-12(16)8-13;2*1-2/h3-9H,1-2H3;2*1-2H3. The van der Waals surface area contributed by atoms with Crippen LogP contribution in [0.2, 0.25) is 0 Å². The summed E-state index contributed by atoms with van der Waals surface area (Å²) in [6, 6.07) is 7.96. The van der Waals surface area contributed by atoms with Crippen LogP contribution in [0.3, 0.4) is 0 Å². The van der Waals surface area contributed by atoms with Gasteiger partial charge in [-0.3, -0.25) is 9.36 Å². The molecule has 0 aliphatic carbocycles. The predicted molar refractivity (Wildman–Crippen MR) is 95.1 cm³/mol. The van der Waals surface area contributed by atoms with Gasteiger partial charge in [0.05, 0.1) is 5.69 Å². The van der Waals surface area contributed by atoms with Crippen LogP contribution in [0.5, 0.6) is 0 Å². The molecular formula is C19H25FN2O. The molecule has 0 fully saturated rings. The van der Waals surface area contributed by atoms with Gasteiger partial charge in [0.2, 0.25) is 0 Å². The average molecular weight is 316 g/mol. The van der Waals surface area contributed by atoms with Gasteiger partial charge in [0, 0.05) is 18.1 Å². The van der Waals surface area contributed by atoms with E-state index in [0.29, 0.717) is 11.2 Å². The fourth-order valence-electron chi connectivity index (χ4n) is 2.40. The van der Waals surface area contributed by atoms with E-state index in [1.54, 1.807) is 12.1 Å². The van der Waals surface area contributed by atoms with Crippen molar-refractivity contribution in [2.75, 3.05) is 0 Å². The first kappa shape index (κ1) is 18.7. The first-order chi connectivity index (χ1) is 11.1. The van der Waals surface area contributed by atoms with Crippen molar-refractivity contribution in [1.29, 1.82) is 0 Å². The number of hydrogen-bond acceptors (Lipinski definition) is 1. The van der Waals surface area contributed by atoms with E-state index in [-0.39, 0.29) is 11.4 Å². The Balaban J connectivity index is 0.000000615. The van der Waals surface area contributed by atoms with E-state index in [0.717, 1.165) is 11.3 Å². The highest BCUT2D eigenvalue weighted by atomic mass is 19.1. The second-order valence-corrected chi connectivity index (χ2v) is 4.65. The zero-order valence-electron chi connectivity index (χ0n) is 14.7. The number of halogens is 1. The zero-order valence-corrected chi connectivity index (χ0v) is 14.7. The minimum Gasteiger partial charge on any atom is -0.317 e. The molecule has 2 heterocycles. The molecule has 0 bridgehead atoms. The number of nitrogens with zero attached hydrogens (tertiary/aromatic N) is 2. The molecular weight excluding hydrogens is 291 g/mol. The van der Waals surface area contributed by atoms with Crippen molar-refractivity contribution >= 4 is 5.52 Å². The van der Waals surface area contributed by atoms with Gasteiger partial charge in [-0.05, 0) is 43.7 Å². The van der Waals surface area contributed by atoms with Crippen LogP contribution in [0.4, 0.5) is 4.39 Å². The number of aromatic nitrogens is 2. The first-order valence-corrected chi connectivity index (χ1v) is 8.04. The summed E-state index contributed by atoms with van der Waals surface area (Å²) in [7, 11) is 0. The van der Waals surface area contributed by atoms with Crippen molar-refractivity contribution in [2.24, 2.45) is 0 Å². The molecule has 0 saturated heterocycles. The fourth-order valence-corrected chi connectivity index (χ4v) is 2.40. The molecule has 0 saturated carbocycles. The second-order valence-electron chi connectivity index (χ2n) is 4.65. The number of benzene rings is 1. The summed E-state index contributed by atoms with van der Waals surface area (Å²) in [5.41, 5.74) is 2.71. The van der Waals surface area contributed by atoms with Crippen LogP contribution in [0.25, 0.3) is 11.2 Å². The largest absolute Gasteiger partial charge is 0.317 e. The number of fused-ring (bicyclic) bond motifs is 1. The first-order valence-electron chi connectivity index (χ1n) is 8.04. The quantitative estimate of drug-likeness (QED) is 0.627. The molecule has 2 aromatic heterocycles. The Morgan fingerprint density at radius 1 is 1.00 bits per heavy atom. The van der Waals surface area contributed by atoms with E-state index in [1.807, 2.05) is 64.4 Å². The molecule has 4 heteroatoms. The molecule has 0 unspecified atom stereocenters. The van der Waals surface area contributed by atoms with Gasteiger partial charge in [0.15, 0.2) is 0 Å². The van der Waals surface area contributed by atoms with E-state index in [9.17, 15) is 9.18 Å². The Bertz CT molecular complexity index is 831. The Hall–Kier alpha value is -2.36. The molecule has 0 N–H and O–H groups in total. The summed E-state index contributed by atoms with van der Waals surface area (Å²) in [4.78, 5) is 12.6. The predicted octanol–water partition coefficient (Wildman–Crippen LogP) is 4.90. The molecule has 3 aromatic rings. The smallest absolute Gasteiger partial charge is 0.279 e. The molecule has 124 valence electrons. The second kappa shape index (κ2) is 8.32. The van der Waals surface area contributed by atoms with Crippen LogP contribution >= 0.6 is 0 Å². The van der Waals surface area contributed by atoms with Crippen molar-refractivity contribution in [2.45, 2.75) is 41.5 Å². The van der Waals surface area contributed by atoms with E-state index in [1.165, 1.54) is 16.7 Å². The highest BCUT2D eigenvalue weighted by Gasteiger charge is 2.10. The van der Waals surface area contributed by atoms with Crippen molar-refractivity contribution in [3.05, 3.63) is 70.2 Å². The lowest BCUT2D eigenvalue weighted by atomic mass is 10.2. The average Bonchev–Trinajstić information content (AvgIpc) is 2.92. The van der Waals surface area contributed by atoms with Crippen molar-refractivity contribution in [1.82, 2.24) is 8.97 Å². The van der Waals surface area contributed by atoms with Gasteiger partial charge < -0.3 is 4.40 Å². The third-order valence-corrected chi connectivity index (χ3v) is 3.27. The van der Waals surface area contributed by atoms with Gasteiger partial charge in [0.25, 0.3) is 5.56 Å². The van der Waals surface area contributed by atoms with Gasteiger partial charge in [-0.2, -0.15) is 0 Å². The van der Waals surface area contributed by atoms with Crippen LogP contribution in [0.1, 0.15) is 39.0 Å². The lowest BCUT2D eigenvalue weighted by Crippen LogP contribution is -2.23. The summed E-state index contributed by atoms with van der Waals surface area (Å²) in [6.45, 7) is 11.7. The van der Waals surface area contributed by atoms with Crippen LogP contribution < -0.4 is 5.56 Å². The fraction of sp³-hybridized carbons (Fsp3) is 0.316. The van der Waals surface area contributed by atoms with Crippen LogP contribution in [-0.2, 0) is 0 Å². The Labute approximate surface area is 137 Å². The van der Waals surface area contributed by atoms with Crippen LogP contribution in [0.15, 0.2) is 47.5 Å². The Kier molecular flexibility index (Phi) is 6.76. The van der Waals surface area contributed by atoms with Gasteiger partial charge in [-0.25, -0.2) is 4.39 Å². The van der Waals surface area contributed by atoms with Crippen molar-refractivity contribution in [3.63, 3.8) is 0 Å². The van der Waals surface area contributed by atoms with E-state index < -0.39 is 0 Å². The topological polar surface area (TPSA) is 26.4 Å². The summed E-state index contributed by atoms with van der Waals surface area (Å²) in [5, 5.41) is 0. The summed E-state index contributed by atoms with van der Waals surface area (Å²) in [6.07, 6.45) is 3.73. The van der Waals surface area contributed by atoms with Crippen LogP contribution in [0, 0.1) is 19.7 Å². The molecule has 0 aliphatic heterocycles. The lowest BCUT2D eigenvalue weighted by Gasteiger charge is -2.11. The highest BCUT2D eigenvalue weighted by Crippen LogP contribution is 2.14.